The minimum Gasteiger partial charge on any atom is -0.497 e. The number of anilines is 1. The SMILES string of the molecule is CCN(C(=O)CSc1nnc(-c2ccc(OC)cc2)n1N)c1ccccc1C. The second-order valence-corrected chi connectivity index (χ2v) is 7.06. The highest BCUT2D eigenvalue weighted by molar-refractivity contribution is 7.99. The van der Waals surface area contributed by atoms with E-state index in [9.17, 15) is 4.79 Å². The van der Waals surface area contributed by atoms with Crippen molar-refractivity contribution in [3.63, 3.8) is 0 Å². The number of hydrogen-bond acceptors (Lipinski definition) is 6. The number of amides is 1. The summed E-state index contributed by atoms with van der Waals surface area (Å²) in [5.74, 6) is 7.65. The van der Waals surface area contributed by atoms with E-state index in [-0.39, 0.29) is 11.7 Å². The summed E-state index contributed by atoms with van der Waals surface area (Å²) in [6.07, 6.45) is 0. The molecule has 2 N–H and O–H groups in total. The van der Waals surface area contributed by atoms with Crippen molar-refractivity contribution < 1.29 is 9.53 Å². The third-order valence-corrected chi connectivity index (χ3v) is 5.29. The highest BCUT2D eigenvalue weighted by Gasteiger charge is 2.18. The summed E-state index contributed by atoms with van der Waals surface area (Å²) in [5.41, 5.74) is 2.80. The van der Waals surface area contributed by atoms with Crippen LogP contribution in [0.25, 0.3) is 11.4 Å². The number of carbonyl (C=O) groups is 1. The molecule has 0 radical (unpaired) electrons. The molecule has 7 nitrogen and oxygen atoms in total. The summed E-state index contributed by atoms with van der Waals surface area (Å²) in [6, 6.07) is 15.2. The van der Waals surface area contributed by atoms with Crippen molar-refractivity contribution in [2.45, 2.75) is 19.0 Å². The van der Waals surface area contributed by atoms with E-state index in [2.05, 4.69) is 10.2 Å². The number of aromatic nitrogens is 3. The lowest BCUT2D eigenvalue weighted by Crippen LogP contribution is -2.32. The monoisotopic (exact) mass is 397 g/mol. The number of rotatable bonds is 7. The number of ether oxygens (including phenoxy) is 1. The standard InChI is InChI=1S/C20H23N5O2S/c1-4-24(17-8-6-5-7-14(17)2)18(26)13-28-20-23-22-19(25(20)21)15-9-11-16(27-3)12-10-15/h5-12H,4,13,21H2,1-3H3. The van der Waals surface area contributed by atoms with E-state index >= 15 is 0 Å². The summed E-state index contributed by atoms with van der Waals surface area (Å²) in [6.45, 7) is 4.55. The van der Waals surface area contributed by atoms with E-state index in [1.165, 1.54) is 16.4 Å². The minimum atomic E-state index is -0.00389. The largest absolute Gasteiger partial charge is 0.497 e. The van der Waals surface area contributed by atoms with Crippen LogP contribution in [0.5, 0.6) is 5.75 Å². The molecule has 0 aliphatic rings. The number of nitrogen functional groups attached to an aromatic ring is 1. The summed E-state index contributed by atoms with van der Waals surface area (Å²) < 4.78 is 6.57. The molecular weight excluding hydrogens is 374 g/mol. The maximum absolute atomic E-state index is 12.8. The number of benzene rings is 2. The molecule has 28 heavy (non-hydrogen) atoms. The van der Waals surface area contributed by atoms with Crippen LogP contribution in [0.4, 0.5) is 5.69 Å². The topological polar surface area (TPSA) is 86.3 Å². The van der Waals surface area contributed by atoms with Crippen molar-refractivity contribution in [3.8, 4) is 17.1 Å². The quantitative estimate of drug-likeness (QED) is 0.487. The van der Waals surface area contributed by atoms with Crippen LogP contribution < -0.4 is 15.5 Å². The molecule has 0 saturated heterocycles. The molecule has 0 atom stereocenters. The molecule has 1 heterocycles. The van der Waals surface area contributed by atoms with Crippen LogP contribution in [0, 0.1) is 6.92 Å². The van der Waals surface area contributed by atoms with Gasteiger partial charge in [0.2, 0.25) is 11.1 Å². The number of nitrogens with zero attached hydrogens (tertiary/aromatic N) is 4. The molecule has 1 aromatic heterocycles. The highest BCUT2D eigenvalue weighted by atomic mass is 32.2. The van der Waals surface area contributed by atoms with Gasteiger partial charge in [0.1, 0.15) is 5.75 Å². The molecule has 0 bridgehead atoms. The number of carbonyl (C=O) groups excluding carboxylic acids is 1. The van der Waals surface area contributed by atoms with Crippen LogP contribution in [-0.2, 0) is 4.79 Å². The van der Waals surface area contributed by atoms with Gasteiger partial charge in [-0.25, -0.2) is 4.68 Å². The van der Waals surface area contributed by atoms with Crippen molar-refractivity contribution in [1.82, 2.24) is 14.9 Å². The van der Waals surface area contributed by atoms with Crippen LogP contribution >= 0.6 is 11.8 Å². The predicted molar refractivity (Wildman–Crippen MR) is 112 cm³/mol. The maximum Gasteiger partial charge on any atom is 0.237 e. The smallest absolute Gasteiger partial charge is 0.237 e. The van der Waals surface area contributed by atoms with Gasteiger partial charge >= 0.3 is 0 Å². The van der Waals surface area contributed by atoms with E-state index < -0.39 is 0 Å². The zero-order valence-electron chi connectivity index (χ0n) is 16.1. The molecule has 0 aliphatic carbocycles. The fourth-order valence-corrected chi connectivity index (χ4v) is 3.60. The van der Waals surface area contributed by atoms with Crippen LogP contribution in [0.2, 0.25) is 0 Å². The average Bonchev–Trinajstić information content (AvgIpc) is 3.09. The van der Waals surface area contributed by atoms with Gasteiger partial charge in [0.05, 0.1) is 12.9 Å². The first-order valence-corrected chi connectivity index (χ1v) is 9.87. The van der Waals surface area contributed by atoms with Gasteiger partial charge in [-0.3, -0.25) is 4.79 Å². The summed E-state index contributed by atoms with van der Waals surface area (Å²) in [4.78, 5) is 14.5. The molecule has 8 heteroatoms. The van der Waals surface area contributed by atoms with Crippen LogP contribution in [0.1, 0.15) is 12.5 Å². The normalized spacial score (nSPS) is 10.7. The Morgan fingerprint density at radius 1 is 1.18 bits per heavy atom. The third-order valence-electron chi connectivity index (χ3n) is 4.36. The van der Waals surface area contributed by atoms with Gasteiger partial charge in [-0.05, 0) is 49.7 Å². The Bertz CT molecular complexity index is 955. The fraction of sp³-hybridized carbons (Fsp3) is 0.250. The molecule has 1 amide bonds. The van der Waals surface area contributed by atoms with Gasteiger partial charge in [-0.1, -0.05) is 30.0 Å². The number of para-hydroxylation sites is 1. The van der Waals surface area contributed by atoms with Gasteiger partial charge in [-0.2, -0.15) is 0 Å². The number of hydrogen-bond donors (Lipinski definition) is 1. The Morgan fingerprint density at radius 2 is 1.89 bits per heavy atom. The molecular formula is C20H23N5O2S. The zero-order chi connectivity index (χ0) is 20.1. The van der Waals surface area contributed by atoms with E-state index in [1.807, 2.05) is 62.4 Å². The molecule has 0 unspecified atom stereocenters. The van der Waals surface area contributed by atoms with E-state index in [0.717, 1.165) is 22.6 Å². The lowest BCUT2D eigenvalue weighted by molar-refractivity contribution is -0.116. The van der Waals surface area contributed by atoms with Crippen LogP contribution in [0.15, 0.2) is 53.7 Å². The Kier molecular flexibility index (Phi) is 6.20. The van der Waals surface area contributed by atoms with Crippen molar-refractivity contribution in [3.05, 3.63) is 54.1 Å². The van der Waals surface area contributed by atoms with Gasteiger partial charge in [0, 0.05) is 17.8 Å². The van der Waals surface area contributed by atoms with Crippen molar-refractivity contribution in [2.75, 3.05) is 30.1 Å². The molecule has 3 rings (SSSR count). The number of methoxy groups -OCH3 is 1. The highest BCUT2D eigenvalue weighted by Crippen LogP contribution is 2.25. The molecule has 0 aliphatic heterocycles. The fourth-order valence-electron chi connectivity index (χ4n) is 2.86. The lowest BCUT2D eigenvalue weighted by atomic mass is 10.2. The predicted octanol–water partition coefficient (Wildman–Crippen LogP) is 3.12. The number of aryl methyl sites for hydroxylation is 1. The first kappa shape index (κ1) is 19.8. The maximum atomic E-state index is 12.8. The summed E-state index contributed by atoms with van der Waals surface area (Å²) in [7, 11) is 1.61. The second kappa shape index (κ2) is 8.79. The average molecular weight is 398 g/mol. The van der Waals surface area contributed by atoms with E-state index in [4.69, 9.17) is 10.6 Å². The minimum absolute atomic E-state index is 0.00389. The van der Waals surface area contributed by atoms with Gasteiger partial charge in [0.15, 0.2) is 5.82 Å². The van der Waals surface area contributed by atoms with Crippen LogP contribution in [-0.4, -0.2) is 40.2 Å². The van der Waals surface area contributed by atoms with E-state index in [1.54, 1.807) is 12.0 Å². The molecule has 0 fully saturated rings. The van der Waals surface area contributed by atoms with Crippen molar-refractivity contribution in [1.29, 1.82) is 0 Å². The second-order valence-electron chi connectivity index (χ2n) is 6.12. The van der Waals surface area contributed by atoms with Gasteiger partial charge in [0.25, 0.3) is 0 Å². The first-order valence-electron chi connectivity index (χ1n) is 8.88. The molecule has 146 valence electrons. The van der Waals surface area contributed by atoms with Crippen molar-refractivity contribution in [2.24, 2.45) is 0 Å². The Hall–Kier alpha value is -3.00. The summed E-state index contributed by atoms with van der Waals surface area (Å²) >= 11 is 1.27. The molecule has 3 aromatic rings. The van der Waals surface area contributed by atoms with Crippen molar-refractivity contribution >= 4 is 23.4 Å². The van der Waals surface area contributed by atoms with E-state index in [0.29, 0.717) is 17.5 Å². The number of thioether (sulfide) groups is 1. The zero-order valence-corrected chi connectivity index (χ0v) is 16.9. The third kappa shape index (κ3) is 4.12. The van der Waals surface area contributed by atoms with Crippen LogP contribution in [0.3, 0.4) is 0 Å². The Morgan fingerprint density at radius 3 is 2.54 bits per heavy atom. The molecule has 0 saturated carbocycles. The Labute approximate surface area is 168 Å². The summed E-state index contributed by atoms with van der Waals surface area (Å²) in [5, 5.41) is 8.78. The molecule has 0 spiro atoms. The molecule has 2 aromatic carbocycles. The Balaban J connectivity index is 1.71. The number of nitrogens with two attached hydrogens (primary N) is 1. The lowest BCUT2D eigenvalue weighted by Gasteiger charge is -2.22. The first-order chi connectivity index (χ1) is 13.5. The van der Waals surface area contributed by atoms with Gasteiger partial charge < -0.3 is 15.5 Å². The van der Waals surface area contributed by atoms with Gasteiger partial charge in [-0.15, -0.1) is 10.2 Å².